The molecule has 0 heterocycles. The van der Waals surface area contributed by atoms with Gasteiger partial charge in [0.05, 0.1) is 12.9 Å². The Morgan fingerprint density at radius 2 is 1.84 bits per heavy atom. The topological polar surface area (TPSA) is 102 Å². The van der Waals surface area contributed by atoms with Gasteiger partial charge in [0.15, 0.2) is 0 Å². The number of hydrogen-bond acceptors (Lipinski definition) is 5. The van der Waals surface area contributed by atoms with Crippen LogP contribution in [0.1, 0.15) is 20.3 Å². The van der Waals surface area contributed by atoms with Crippen molar-refractivity contribution in [3.05, 3.63) is 36.6 Å². The summed E-state index contributed by atoms with van der Waals surface area (Å²) in [5, 5.41) is 0. The van der Waals surface area contributed by atoms with Crippen LogP contribution in [0.2, 0.25) is 0 Å². The molecule has 0 aromatic carbocycles. The van der Waals surface area contributed by atoms with Crippen LogP contribution in [0.4, 0.5) is 0 Å². The standard InChI is InChI=1S/C10H18O7P2/c1-9(2)5-7-15-19(14,17-18(11,12)13)16-8-6-10(3)4/h5,7H,1,3,6,8H2,2,4H3,(H2,11,12,13). The van der Waals surface area contributed by atoms with Gasteiger partial charge in [-0.25, -0.2) is 9.13 Å². The van der Waals surface area contributed by atoms with Crippen LogP contribution in [-0.2, 0) is 22.5 Å². The van der Waals surface area contributed by atoms with Gasteiger partial charge in [0, 0.05) is 0 Å². The first-order valence-corrected chi connectivity index (χ1v) is 8.19. The van der Waals surface area contributed by atoms with E-state index in [4.69, 9.17) is 14.3 Å². The van der Waals surface area contributed by atoms with Gasteiger partial charge in [0.1, 0.15) is 0 Å². The van der Waals surface area contributed by atoms with Crippen LogP contribution in [0, 0.1) is 0 Å². The maximum atomic E-state index is 11.9. The molecule has 2 N–H and O–H groups in total. The largest absolute Gasteiger partial charge is 0.538 e. The molecule has 0 spiro atoms. The Morgan fingerprint density at radius 3 is 2.26 bits per heavy atom. The fourth-order valence-corrected chi connectivity index (χ4v) is 2.73. The molecule has 0 radical (unpaired) electrons. The SMILES string of the molecule is C=C(C)C=COP(=O)(OCCC(=C)C)OP(=O)(O)O. The molecule has 0 fully saturated rings. The van der Waals surface area contributed by atoms with Gasteiger partial charge in [-0.3, -0.25) is 4.52 Å². The normalized spacial score (nSPS) is 15.2. The van der Waals surface area contributed by atoms with Crippen molar-refractivity contribution in [2.24, 2.45) is 0 Å². The molecular formula is C10H18O7P2. The van der Waals surface area contributed by atoms with Gasteiger partial charge in [0.2, 0.25) is 0 Å². The summed E-state index contributed by atoms with van der Waals surface area (Å²) in [6, 6.07) is 0. The molecule has 0 aromatic heterocycles. The Labute approximate surface area is 112 Å². The third kappa shape index (κ3) is 10.9. The van der Waals surface area contributed by atoms with Crippen molar-refractivity contribution in [2.75, 3.05) is 6.61 Å². The van der Waals surface area contributed by atoms with Crippen molar-refractivity contribution < 1.29 is 32.3 Å². The van der Waals surface area contributed by atoms with Gasteiger partial charge in [-0.2, -0.15) is 4.31 Å². The van der Waals surface area contributed by atoms with E-state index in [2.05, 4.69) is 22.0 Å². The van der Waals surface area contributed by atoms with Crippen molar-refractivity contribution in [3.63, 3.8) is 0 Å². The maximum Gasteiger partial charge on any atom is 0.538 e. The summed E-state index contributed by atoms with van der Waals surface area (Å²) in [5.41, 5.74) is 1.34. The Kier molecular flexibility index (Phi) is 7.52. The van der Waals surface area contributed by atoms with Gasteiger partial charge in [-0.15, -0.1) is 6.58 Å². The molecule has 0 saturated heterocycles. The minimum absolute atomic E-state index is 0.104. The van der Waals surface area contributed by atoms with Crippen LogP contribution < -0.4 is 0 Å². The van der Waals surface area contributed by atoms with E-state index in [1.54, 1.807) is 13.8 Å². The van der Waals surface area contributed by atoms with Crippen LogP contribution in [0.25, 0.3) is 0 Å². The zero-order chi connectivity index (χ0) is 15.1. The molecule has 0 aliphatic carbocycles. The first kappa shape index (κ1) is 18.3. The Hall–Kier alpha value is -0.680. The molecular weight excluding hydrogens is 294 g/mol. The molecule has 0 rings (SSSR count). The summed E-state index contributed by atoms with van der Waals surface area (Å²) in [5.74, 6) is 0. The predicted molar refractivity (Wildman–Crippen MR) is 71.2 cm³/mol. The van der Waals surface area contributed by atoms with Crippen molar-refractivity contribution in [1.29, 1.82) is 0 Å². The van der Waals surface area contributed by atoms with Crippen molar-refractivity contribution in [1.82, 2.24) is 0 Å². The fraction of sp³-hybridized carbons (Fsp3) is 0.400. The number of rotatable bonds is 9. The third-order valence-corrected chi connectivity index (χ3v) is 4.06. The van der Waals surface area contributed by atoms with Gasteiger partial charge >= 0.3 is 15.6 Å². The van der Waals surface area contributed by atoms with Crippen molar-refractivity contribution in [2.45, 2.75) is 20.3 Å². The molecule has 0 aromatic rings. The quantitative estimate of drug-likeness (QED) is 0.291. The van der Waals surface area contributed by atoms with Gasteiger partial charge < -0.3 is 14.3 Å². The molecule has 0 saturated carbocycles. The van der Waals surface area contributed by atoms with Crippen LogP contribution >= 0.6 is 15.6 Å². The smallest absolute Gasteiger partial charge is 0.412 e. The maximum absolute atomic E-state index is 11.9. The second kappa shape index (κ2) is 7.80. The molecule has 19 heavy (non-hydrogen) atoms. The summed E-state index contributed by atoms with van der Waals surface area (Å²) in [6.07, 6.45) is 2.64. The number of allylic oxidation sites excluding steroid dienone is 2. The van der Waals surface area contributed by atoms with Crippen LogP contribution in [-0.4, -0.2) is 16.4 Å². The lowest BCUT2D eigenvalue weighted by Crippen LogP contribution is -1.98. The van der Waals surface area contributed by atoms with Gasteiger partial charge in [0.25, 0.3) is 0 Å². The van der Waals surface area contributed by atoms with Crippen LogP contribution in [0.5, 0.6) is 0 Å². The van der Waals surface area contributed by atoms with E-state index >= 15 is 0 Å². The Morgan fingerprint density at radius 1 is 1.26 bits per heavy atom. The van der Waals surface area contributed by atoms with E-state index < -0.39 is 15.6 Å². The van der Waals surface area contributed by atoms with E-state index in [1.807, 2.05) is 0 Å². The minimum Gasteiger partial charge on any atom is -0.412 e. The summed E-state index contributed by atoms with van der Waals surface area (Å²) >= 11 is 0. The zero-order valence-corrected chi connectivity index (χ0v) is 12.6. The minimum atomic E-state index is -5.01. The van der Waals surface area contributed by atoms with Crippen molar-refractivity contribution >= 4 is 15.6 Å². The molecule has 1 unspecified atom stereocenters. The molecule has 7 nitrogen and oxygen atoms in total. The molecule has 0 aliphatic rings. The highest BCUT2D eigenvalue weighted by Crippen LogP contribution is 2.61. The lowest BCUT2D eigenvalue weighted by atomic mass is 10.3. The van der Waals surface area contributed by atoms with E-state index in [9.17, 15) is 9.13 Å². The molecule has 0 bridgehead atoms. The molecule has 1 atom stereocenters. The average molecular weight is 312 g/mol. The number of hydrogen-bond donors (Lipinski definition) is 2. The van der Waals surface area contributed by atoms with Crippen LogP contribution in [0.3, 0.4) is 0 Å². The second-order valence-electron chi connectivity index (χ2n) is 3.81. The second-order valence-corrected chi connectivity index (χ2v) is 6.81. The zero-order valence-electron chi connectivity index (χ0n) is 10.8. The molecule has 0 amide bonds. The summed E-state index contributed by atoms with van der Waals surface area (Å²) in [4.78, 5) is 17.3. The van der Waals surface area contributed by atoms with E-state index in [-0.39, 0.29) is 6.61 Å². The van der Waals surface area contributed by atoms with E-state index in [1.165, 1.54) is 6.08 Å². The lowest BCUT2D eigenvalue weighted by Gasteiger charge is -2.16. The highest BCUT2D eigenvalue weighted by molar-refractivity contribution is 7.61. The predicted octanol–water partition coefficient (Wildman–Crippen LogP) is 3.29. The molecule has 110 valence electrons. The van der Waals surface area contributed by atoms with E-state index in [0.717, 1.165) is 11.8 Å². The number of phosphoric acid groups is 2. The monoisotopic (exact) mass is 312 g/mol. The lowest BCUT2D eigenvalue weighted by molar-refractivity contribution is 0.172. The summed E-state index contributed by atoms with van der Waals surface area (Å²) < 4.78 is 36.1. The fourth-order valence-electron chi connectivity index (χ4n) is 0.756. The summed E-state index contributed by atoms with van der Waals surface area (Å²) in [6.45, 7) is 10.4. The van der Waals surface area contributed by atoms with Gasteiger partial charge in [-0.1, -0.05) is 17.7 Å². The highest BCUT2D eigenvalue weighted by Gasteiger charge is 2.36. The molecule has 0 aliphatic heterocycles. The number of phosphoric ester groups is 1. The van der Waals surface area contributed by atoms with E-state index in [0.29, 0.717) is 12.0 Å². The van der Waals surface area contributed by atoms with Crippen molar-refractivity contribution in [3.8, 4) is 0 Å². The highest BCUT2D eigenvalue weighted by atomic mass is 31.3. The molecule has 9 heteroatoms. The Bertz CT molecular complexity index is 449. The Balaban J connectivity index is 4.71. The first-order valence-electron chi connectivity index (χ1n) is 5.20. The third-order valence-electron chi connectivity index (χ3n) is 1.53. The first-order chi connectivity index (χ1) is 8.54. The van der Waals surface area contributed by atoms with Gasteiger partial charge in [-0.05, 0) is 26.3 Å². The summed E-state index contributed by atoms with van der Waals surface area (Å²) in [7, 11) is -9.39. The average Bonchev–Trinajstić information content (AvgIpc) is 2.12. The van der Waals surface area contributed by atoms with Crippen LogP contribution in [0.15, 0.2) is 36.6 Å².